The molecule has 9 heteroatoms. The molecule has 0 aliphatic carbocycles. The molecule has 7 nitrogen and oxygen atoms in total. The van der Waals surface area contributed by atoms with Crippen LogP contribution in [0.25, 0.3) is 0 Å². The van der Waals surface area contributed by atoms with E-state index in [1.54, 1.807) is 43.3 Å². The van der Waals surface area contributed by atoms with E-state index >= 15 is 0 Å². The highest BCUT2D eigenvalue weighted by molar-refractivity contribution is 7.92. The molecule has 0 aliphatic heterocycles. The number of carbonyl (C=O) groups is 2. The number of hydrogen-bond donors (Lipinski definition) is 1. The molecule has 180 valence electrons. The van der Waals surface area contributed by atoms with Gasteiger partial charge in [0.25, 0.3) is 0 Å². The molecule has 33 heavy (non-hydrogen) atoms. The van der Waals surface area contributed by atoms with Crippen LogP contribution >= 0.6 is 11.6 Å². The number of sulfonamides is 1. The fraction of sp³-hybridized carbons (Fsp3) is 0.417. The van der Waals surface area contributed by atoms with E-state index in [1.807, 2.05) is 26.8 Å². The molecule has 0 aliphatic rings. The third kappa shape index (κ3) is 7.47. The van der Waals surface area contributed by atoms with Gasteiger partial charge in [-0.25, -0.2) is 8.42 Å². The molecule has 2 aromatic rings. The van der Waals surface area contributed by atoms with Crippen LogP contribution in [0.3, 0.4) is 0 Å². The van der Waals surface area contributed by atoms with Crippen molar-refractivity contribution >= 4 is 39.1 Å². The van der Waals surface area contributed by atoms with E-state index in [0.717, 1.165) is 27.3 Å². The quantitative estimate of drug-likeness (QED) is 0.547. The molecule has 2 amide bonds. The Morgan fingerprint density at radius 2 is 1.61 bits per heavy atom. The summed E-state index contributed by atoms with van der Waals surface area (Å²) in [7, 11) is -3.75. The first-order valence-electron chi connectivity index (χ1n) is 10.8. The highest BCUT2D eigenvalue weighted by Crippen LogP contribution is 2.23. The number of amides is 2. The summed E-state index contributed by atoms with van der Waals surface area (Å²) in [6.07, 6.45) is 1.45. The zero-order valence-electron chi connectivity index (χ0n) is 19.8. The van der Waals surface area contributed by atoms with Crippen LogP contribution in [0, 0.1) is 13.8 Å². The van der Waals surface area contributed by atoms with Crippen molar-refractivity contribution in [3.63, 3.8) is 0 Å². The molecule has 0 saturated carbocycles. The third-order valence-electron chi connectivity index (χ3n) is 5.18. The fourth-order valence-corrected chi connectivity index (χ4v) is 4.67. The lowest BCUT2D eigenvalue weighted by Gasteiger charge is -2.33. The Morgan fingerprint density at radius 1 is 1.03 bits per heavy atom. The highest BCUT2D eigenvalue weighted by Gasteiger charge is 2.31. The van der Waals surface area contributed by atoms with Gasteiger partial charge in [0, 0.05) is 18.1 Å². The van der Waals surface area contributed by atoms with E-state index in [4.69, 9.17) is 11.6 Å². The van der Waals surface area contributed by atoms with Crippen LogP contribution < -0.4 is 9.62 Å². The number of aryl methyl sites for hydroxylation is 2. The molecular formula is C24H32ClN3O4S. The van der Waals surface area contributed by atoms with Gasteiger partial charge in [-0.15, -0.1) is 0 Å². The molecule has 0 radical (unpaired) electrons. The van der Waals surface area contributed by atoms with Gasteiger partial charge in [0.05, 0.1) is 11.9 Å². The van der Waals surface area contributed by atoms with Crippen molar-refractivity contribution in [2.75, 3.05) is 23.7 Å². The Labute approximate surface area is 201 Å². The topological polar surface area (TPSA) is 86.8 Å². The number of halogens is 1. The predicted molar refractivity (Wildman–Crippen MR) is 133 cm³/mol. The first-order chi connectivity index (χ1) is 15.5. The first kappa shape index (κ1) is 26.7. The Balaban J connectivity index is 2.45. The molecule has 0 aromatic heterocycles. The molecule has 1 atom stereocenters. The molecule has 0 fully saturated rings. The maximum atomic E-state index is 13.5. The number of benzene rings is 2. The normalized spacial score (nSPS) is 12.2. The zero-order chi connectivity index (χ0) is 24.8. The minimum atomic E-state index is -3.75. The van der Waals surface area contributed by atoms with Gasteiger partial charge in [0.15, 0.2) is 0 Å². The summed E-state index contributed by atoms with van der Waals surface area (Å²) in [5.74, 6) is -0.743. The molecule has 2 rings (SSSR count). The van der Waals surface area contributed by atoms with Gasteiger partial charge in [-0.2, -0.15) is 0 Å². The third-order valence-corrected chi connectivity index (χ3v) is 6.57. The molecule has 1 N–H and O–H groups in total. The molecule has 2 aromatic carbocycles. The molecular weight excluding hydrogens is 462 g/mol. The number of hydrogen-bond acceptors (Lipinski definition) is 4. The first-order valence-corrected chi connectivity index (χ1v) is 13.1. The number of nitrogens with zero attached hydrogens (tertiary/aromatic N) is 2. The Bertz CT molecular complexity index is 1070. The standard InChI is InChI=1S/C24H32ClN3O4S/c1-6-22(24(30)26-7-2)27(15-19-8-10-20(25)11-9-19)23(29)16-28(33(5,31)32)21-13-17(3)12-18(4)14-21/h8-14,22H,6-7,15-16H2,1-5H3,(H,26,30). The van der Waals surface area contributed by atoms with Crippen LogP contribution in [0.1, 0.15) is 37.0 Å². The highest BCUT2D eigenvalue weighted by atomic mass is 35.5. The lowest BCUT2D eigenvalue weighted by Crippen LogP contribution is -2.52. The Morgan fingerprint density at radius 3 is 2.09 bits per heavy atom. The van der Waals surface area contributed by atoms with Crippen LogP contribution in [0.15, 0.2) is 42.5 Å². The largest absolute Gasteiger partial charge is 0.355 e. The van der Waals surface area contributed by atoms with Gasteiger partial charge in [-0.3, -0.25) is 13.9 Å². The predicted octanol–water partition coefficient (Wildman–Crippen LogP) is 3.67. The van der Waals surface area contributed by atoms with Gasteiger partial charge in [0.1, 0.15) is 12.6 Å². The number of rotatable bonds is 10. The fourth-order valence-electron chi connectivity index (χ4n) is 3.71. The summed E-state index contributed by atoms with van der Waals surface area (Å²) in [5, 5.41) is 3.33. The van der Waals surface area contributed by atoms with Crippen LogP contribution in [-0.2, 0) is 26.2 Å². The number of nitrogens with one attached hydrogen (secondary N) is 1. The molecule has 0 spiro atoms. The van der Waals surface area contributed by atoms with Crippen molar-refractivity contribution in [1.29, 1.82) is 0 Å². The van der Waals surface area contributed by atoms with E-state index in [9.17, 15) is 18.0 Å². The molecule has 0 saturated heterocycles. The minimum absolute atomic E-state index is 0.149. The van der Waals surface area contributed by atoms with Crippen molar-refractivity contribution in [2.24, 2.45) is 0 Å². The second-order valence-electron chi connectivity index (χ2n) is 8.08. The van der Waals surface area contributed by atoms with Crippen LogP contribution in [-0.4, -0.2) is 50.5 Å². The number of anilines is 1. The average molecular weight is 494 g/mol. The number of carbonyl (C=O) groups excluding carboxylic acids is 2. The van der Waals surface area contributed by atoms with Crippen molar-refractivity contribution in [2.45, 2.75) is 46.7 Å². The van der Waals surface area contributed by atoms with Crippen LogP contribution in [0.5, 0.6) is 0 Å². The van der Waals surface area contributed by atoms with Gasteiger partial charge < -0.3 is 10.2 Å². The second kappa shape index (κ2) is 11.5. The summed E-state index contributed by atoms with van der Waals surface area (Å²) < 4.78 is 26.4. The molecule has 1 unspecified atom stereocenters. The van der Waals surface area contributed by atoms with E-state index in [1.165, 1.54) is 4.90 Å². The van der Waals surface area contributed by atoms with Crippen molar-refractivity contribution < 1.29 is 18.0 Å². The van der Waals surface area contributed by atoms with Crippen molar-refractivity contribution in [3.8, 4) is 0 Å². The second-order valence-corrected chi connectivity index (χ2v) is 10.4. The summed E-state index contributed by atoms with van der Waals surface area (Å²) in [6, 6.07) is 11.6. The average Bonchev–Trinajstić information content (AvgIpc) is 2.71. The van der Waals surface area contributed by atoms with Gasteiger partial charge in [-0.1, -0.05) is 36.7 Å². The van der Waals surface area contributed by atoms with E-state index < -0.39 is 28.5 Å². The number of likely N-dealkylation sites (N-methyl/N-ethyl adjacent to an activating group) is 1. The monoisotopic (exact) mass is 493 g/mol. The molecule has 0 heterocycles. The van der Waals surface area contributed by atoms with Gasteiger partial charge in [-0.05, 0) is 68.1 Å². The minimum Gasteiger partial charge on any atom is -0.355 e. The lowest BCUT2D eigenvalue weighted by atomic mass is 10.1. The summed E-state index contributed by atoms with van der Waals surface area (Å²) in [6.45, 7) is 7.53. The van der Waals surface area contributed by atoms with Gasteiger partial charge >= 0.3 is 0 Å². The SMILES string of the molecule is CCNC(=O)C(CC)N(Cc1ccc(Cl)cc1)C(=O)CN(c1cc(C)cc(C)c1)S(C)(=O)=O. The smallest absolute Gasteiger partial charge is 0.244 e. The van der Waals surface area contributed by atoms with E-state index in [2.05, 4.69) is 5.32 Å². The summed E-state index contributed by atoms with van der Waals surface area (Å²) in [5.41, 5.74) is 2.98. The van der Waals surface area contributed by atoms with E-state index in [0.29, 0.717) is 23.7 Å². The zero-order valence-corrected chi connectivity index (χ0v) is 21.3. The molecule has 0 bridgehead atoms. The van der Waals surface area contributed by atoms with Gasteiger partial charge in [0.2, 0.25) is 21.8 Å². The van der Waals surface area contributed by atoms with E-state index in [-0.39, 0.29) is 12.5 Å². The van der Waals surface area contributed by atoms with Crippen LogP contribution in [0.4, 0.5) is 5.69 Å². The summed E-state index contributed by atoms with van der Waals surface area (Å²) >= 11 is 5.99. The Hall–Kier alpha value is -2.58. The maximum Gasteiger partial charge on any atom is 0.244 e. The van der Waals surface area contributed by atoms with Crippen molar-refractivity contribution in [3.05, 3.63) is 64.2 Å². The summed E-state index contributed by atoms with van der Waals surface area (Å²) in [4.78, 5) is 27.7. The lowest BCUT2D eigenvalue weighted by molar-refractivity contribution is -0.140. The van der Waals surface area contributed by atoms with Crippen LogP contribution in [0.2, 0.25) is 5.02 Å². The Kier molecular flexibility index (Phi) is 9.31. The maximum absolute atomic E-state index is 13.5. The van der Waals surface area contributed by atoms with Crippen molar-refractivity contribution in [1.82, 2.24) is 10.2 Å².